The molecule has 1 aromatic carbocycles. The first-order chi connectivity index (χ1) is 10.4. The quantitative estimate of drug-likeness (QED) is 0.687. The van der Waals surface area contributed by atoms with Gasteiger partial charge >= 0.3 is 0 Å². The molecule has 6 heteroatoms. The molecule has 112 valence electrons. The number of rotatable bonds is 9. The first-order valence-electron chi connectivity index (χ1n) is 7.09. The summed E-state index contributed by atoms with van der Waals surface area (Å²) in [6.45, 7) is 2.31. The minimum absolute atomic E-state index is 0.544. The molecule has 0 spiro atoms. The van der Waals surface area contributed by atoms with Gasteiger partial charge in [-0.3, -0.25) is 0 Å². The molecule has 0 atom stereocenters. The van der Waals surface area contributed by atoms with Gasteiger partial charge in [0.05, 0.1) is 6.20 Å². The van der Waals surface area contributed by atoms with Crippen LogP contribution in [-0.2, 0) is 11.2 Å². The summed E-state index contributed by atoms with van der Waals surface area (Å²) in [5.41, 5.74) is 1.28. The van der Waals surface area contributed by atoms with E-state index >= 15 is 0 Å². The van der Waals surface area contributed by atoms with Gasteiger partial charge in [-0.1, -0.05) is 30.3 Å². The zero-order valence-corrected chi connectivity index (χ0v) is 12.2. The van der Waals surface area contributed by atoms with Crippen LogP contribution in [0.1, 0.15) is 12.0 Å². The highest BCUT2D eigenvalue weighted by Gasteiger charge is 2.00. The summed E-state index contributed by atoms with van der Waals surface area (Å²) >= 11 is 0. The van der Waals surface area contributed by atoms with Crippen molar-refractivity contribution < 1.29 is 4.74 Å². The zero-order chi connectivity index (χ0) is 14.8. The molecule has 21 heavy (non-hydrogen) atoms. The third kappa shape index (κ3) is 5.74. The lowest BCUT2D eigenvalue weighted by molar-refractivity contribution is 0.197. The lowest BCUT2D eigenvalue weighted by Gasteiger charge is -2.07. The van der Waals surface area contributed by atoms with Crippen LogP contribution in [0.5, 0.6) is 0 Å². The molecule has 0 amide bonds. The van der Waals surface area contributed by atoms with E-state index in [1.54, 1.807) is 13.3 Å². The molecule has 1 heterocycles. The molecule has 0 unspecified atom stereocenters. The van der Waals surface area contributed by atoms with Crippen molar-refractivity contribution in [3.05, 3.63) is 42.1 Å². The lowest BCUT2D eigenvalue weighted by Crippen LogP contribution is -2.11. The largest absolute Gasteiger partial charge is 0.385 e. The highest BCUT2D eigenvalue weighted by molar-refractivity contribution is 5.36. The van der Waals surface area contributed by atoms with Gasteiger partial charge in [0.1, 0.15) is 0 Å². The van der Waals surface area contributed by atoms with Gasteiger partial charge in [0, 0.05) is 26.8 Å². The van der Waals surface area contributed by atoms with Crippen LogP contribution in [0.2, 0.25) is 0 Å². The number of ether oxygens (including phenoxy) is 1. The average molecular weight is 287 g/mol. The van der Waals surface area contributed by atoms with E-state index in [0.717, 1.165) is 38.4 Å². The summed E-state index contributed by atoms with van der Waals surface area (Å²) in [5, 5.41) is 14.3. The Morgan fingerprint density at radius 2 is 1.95 bits per heavy atom. The topological polar surface area (TPSA) is 72.0 Å². The van der Waals surface area contributed by atoms with E-state index in [1.807, 2.05) is 18.2 Å². The van der Waals surface area contributed by atoms with Crippen molar-refractivity contribution in [3.63, 3.8) is 0 Å². The zero-order valence-electron chi connectivity index (χ0n) is 12.2. The second-order valence-corrected chi connectivity index (χ2v) is 4.60. The normalized spacial score (nSPS) is 10.3. The summed E-state index contributed by atoms with van der Waals surface area (Å²) in [6, 6.07) is 10.3. The molecular formula is C15H21N5O. The highest BCUT2D eigenvalue weighted by Crippen LogP contribution is 2.04. The Morgan fingerprint density at radius 3 is 2.76 bits per heavy atom. The van der Waals surface area contributed by atoms with E-state index in [0.29, 0.717) is 5.95 Å². The van der Waals surface area contributed by atoms with Gasteiger partial charge in [-0.2, -0.15) is 10.1 Å². The Balaban J connectivity index is 1.75. The fourth-order valence-electron chi connectivity index (χ4n) is 1.86. The van der Waals surface area contributed by atoms with Crippen molar-refractivity contribution in [3.8, 4) is 0 Å². The Labute approximate surface area is 125 Å². The number of nitrogens with one attached hydrogen (secondary N) is 2. The van der Waals surface area contributed by atoms with Crippen LogP contribution in [0, 0.1) is 0 Å². The summed E-state index contributed by atoms with van der Waals surface area (Å²) in [6.07, 6.45) is 3.47. The lowest BCUT2D eigenvalue weighted by atomic mass is 10.1. The van der Waals surface area contributed by atoms with E-state index in [4.69, 9.17) is 4.74 Å². The van der Waals surface area contributed by atoms with Crippen molar-refractivity contribution >= 4 is 11.8 Å². The molecule has 0 aliphatic heterocycles. The SMILES string of the molecule is COCCCNc1cnnc(NCCc2ccccc2)n1. The van der Waals surface area contributed by atoms with Crippen LogP contribution in [0.3, 0.4) is 0 Å². The second kappa shape index (κ2) is 8.86. The maximum atomic E-state index is 5.00. The molecule has 0 saturated heterocycles. The van der Waals surface area contributed by atoms with Crippen LogP contribution in [0.15, 0.2) is 36.5 Å². The van der Waals surface area contributed by atoms with E-state index in [9.17, 15) is 0 Å². The first kappa shape index (κ1) is 15.2. The molecule has 1 aromatic heterocycles. The van der Waals surface area contributed by atoms with Gasteiger partial charge in [0.2, 0.25) is 5.95 Å². The smallest absolute Gasteiger partial charge is 0.244 e. The molecule has 0 aliphatic rings. The Morgan fingerprint density at radius 1 is 1.10 bits per heavy atom. The van der Waals surface area contributed by atoms with Gasteiger partial charge in [-0.05, 0) is 18.4 Å². The van der Waals surface area contributed by atoms with Crippen molar-refractivity contribution in [1.29, 1.82) is 0 Å². The standard InChI is InChI=1S/C15H21N5O/c1-21-11-5-9-16-14-12-18-20-15(19-14)17-10-8-13-6-3-2-4-7-13/h2-4,6-7,12H,5,8-11H2,1H3,(H2,16,17,19,20). The Hall–Kier alpha value is -2.21. The van der Waals surface area contributed by atoms with Crippen LogP contribution < -0.4 is 10.6 Å². The van der Waals surface area contributed by atoms with Crippen LogP contribution in [-0.4, -0.2) is 42.0 Å². The molecular weight excluding hydrogens is 266 g/mol. The molecule has 2 rings (SSSR count). The van der Waals surface area contributed by atoms with Gasteiger partial charge in [0.25, 0.3) is 0 Å². The fraction of sp³-hybridized carbons (Fsp3) is 0.400. The van der Waals surface area contributed by atoms with Gasteiger partial charge < -0.3 is 15.4 Å². The molecule has 0 fully saturated rings. The maximum Gasteiger partial charge on any atom is 0.244 e. The number of benzene rings is 1. The molecule has 0 aliphatic carbocycles. The first-order valence-corrected chi connectivity index (χ1v) is 7.09. The summed E-state index contributed by atoms with van der Waals surface area (Å²) in [4.78, 5) is 4.36. The summed E-state index contributed by atoms with van der Waals surface area (Å²) < 4.78 is 5.00. The monoisotopic (exact) mass is 287 g/mol. The van der Waals surface area contributed by atoms with E-state index in [2.05, 4.69) is 37.9 Å². The minimum Gasteiger partial charge on any atom is -0.385 e. The predicted molar refractivity (Wildman–Crippen MR) is 83.4 cm³/mol. The third-order valence-corrected chi connectivity index (χ3v) is 2.93. The van der Waals surface area contributed by atoms with Crippen LogP contribution in [0.4, 0.5) is 11.8 Å². The number of anilines is 2. The number of aromatic nitrogens is 3. The average Bonchev–Trinajstić information content (AvgIpc) is 2.53. The van der Waals surface area contributed by atoms with Gasteiger partial charge in [0.15, 0.2) is 5.82 Å². The van der Waals surface area contributed by atoms with Crippen molar-refractivity contribution in [2.24, 2.45) is 0 Å². The molecule has 0 saturated carbocycles. The number of hydrogen-bond acceptors (Lipinski definition) is 6. The third-order valence-electron chi connectivity index (χ3n) is 2.93. The molecule has 0 radical (unpaired) electrons. The van der Waals surface area contributed by atoms with Gasteiger partial charge in [-0.15, -0.1) is 5.10 Å². The predicted octanol–water partition coefficient (Wildman–Crippen LogP) is 1.97. The Bertz CT molecular complexity index is 520. The molecule has 6 nitrogen and oxygen atoms in total. The molecule has 2 aromatic rings. The number of nitrogens with zero attached hydrogens (tertiary/aromatic N) is 3. The molecule has 2 N–H and O–H groups in total. The van der Waals surface area contributed by atoms with Crippen LogP contribution >= 0.6 is 0 Å². The van der Waals surface area contributed by atoms with Crippen LogP contribution in [0.25, 0.3) is 0 Å². The second-order valence-electron chi connectivity index (χ2n) is 4.60. The van der Waals surface area contributed by atoms with E-state index < -0.39 is 0 Å². The van der Waals surface area contributed by atoms with E-state index in [1.165, 1.54) is 5.56 Å². The minimum atomic E-state index is 0.544. The van der Waals surface area contributed by atoms with Crippen molar-refractivity contribution in [2.75, 3.05) is 37.4 Å². The highest BCUT2D eigenvalue weighted by atomic mass is 16.5. The number of methoxy groups -OCH3 is 1. The summed E-state index contributed by atoms with van der Waals surface area (Å²) in [5.74, 6) is 1.27. The maximum absolute atomic E-state index is 5.00. The number of hydrogen-bond donors (Lipinski definition) is 2. The Kier molecular flexibility index (Phi) is 6.41. The molecule has 0 bridgehead atoms. The van der Waals surface area contributed by atoms with E-state index in [-0.39, 0.29) is 0 Å². The summed E-state index contributed by atoms with van der Waals surface area (Å²) in [7, 11) is 1.70. The fourth-order valence-corrected chi connectivity index (χ4v) is 1.86. The van der Waals surface area contributed by atoms with Crippen molar-refractivity contribution in [2.45, 2.75) is 12.8 Å². The van der Waals surface area contributed by atoms with Gasteiger partial charge in [-0.25, -0.2) is 0 Å². The van der Waals surface area contributed by atoms with Crippen molar-refractivity contribution in [1.82, 2.24) is 15.2 Å².